The molecule has 42 heavy (non-hydrogen) atoms. The quantitative estimate of drug-likeness (QED) is 0.260. The van der Waals surface area contributed by atoms with Crippen LogP contribution in [0.25, 0.3) is 33.2 Å². The van der Waals surface area contributed by atoms with Gasteiger partial charge in [0.15, 0.2) is 9.84 Å². The van der Waals surface area contributed by atoms with Crippen LogP contribution in [0.4, 0.5) is 0 Å². The number of aryl methyl sites for hydroxylation is 1. The number of nitrogens with zero attached hydrogens (tertiary/aromatic N) is 6. The summed E-state index contributed by atoms with van der Waals surface area (Å²) in [4.78, 5) is 9.55. The SMILES string of the molecule is BC(B)(B)c1nnn(C)c1-c1cnc2c3c(OC)ncc(S(C)(=O)=O)c3n([C@H](c3ccccc3)C3CCOCC3)c2c1. The van der Waals surface area contributed by atoms with E-state index in [4.69, 9.17) is 14.5 Å². The molecule has 5 heterocycles. The van der Waals surface area contributed by atoms with Crippen molar-refractivity contribution < 1.29 is 17.9 Å². The van der Waals surface area contributed by atoms with E-state index in [-0.39, 0.29) is 22.0 Å². The van der Waals surface area contributed by atoms with E-state index < -0.39 is 9.84 Å². The van der Waals surface area contributed by atoms with Crippen molar-refractivity contribution in [2.24, 2.45) is 13.0 Å². The van der Waals surface area contributed by atoms with Gasteiger partial charge in [-0.3, -0.25) is 4.98 Å². The Morgan fingerprint density at radius 1 is 1.10 bits per heavy atom. The number of ether oxygens (including phenoxy) is 2. The summed E-state index contributed by atoms with van der Waals surface area (Å²) in [6.45, 7) is 1.29. The number of aromatic nitrogens is 6. The van der Waals surface area contributed by atoms with Crippen molar-refractivity contribution in [1.82, 2.24) is 29.5 Å². The highest BCUT2D eigenvalue weighted by molar-refractivity contribution is 7.91. The molecule has 1 aromatic carbocycles. The predicted molar refractivity (Wildman–Crippen MR) is 170 cm³/mol. The van der Waals surface area contributed by atoms with Gasteiger partial charge in [-0.05, 0) is 30.4 Å². The van der Waals surface area contributed by atoms with Gasteiger partial charge >= 0.3 is 0 Å². The second-order valence-electron chi connectivity index (χ2n) is 12.1. The number of rotatable bonds is 7. The molecule has 1 aliphatic rings. The van der Waals surface area contributed by atoms with E-state index in [1.165, 1.54) is 12.5 Å². The molecule has 1 saturated heterocycles. The number of benzene rings is 1. The summed E-state index contributed by atoms with van der Waals surface area (Å²) in [6.07, 6.45) is 6.11. The zero-order valence-electron chi connectivity index (χ0n) is 24.8. The van der Waals surface area contributed by atoms with Gasteiger partial charge in [-0.25, -0.2) is 18.1 Å². The topological polar surface area (TPSA) is 114 Å². The van der Waals surface area contributed by atoms with Crippen molar-refractivity contribution in [3.8, 4) is 17.1 Å². The summed E-state index contributed by atoms with van der Waals surface area (Å²) in [7, 11) is 6.07. The lowest BCUT2D eigenvalue weighted by atomic mass is 9.41. The molecule has 0 saturated carbocycles. The zero-order chi connectivity index (χ0) is 29.8. The van der Waals surface area contributed by atoms with Crippen LogP contribution in [-0.2, 0) is 26.7 Å². The third kappa shape index (κ3) is 4.80. The molecule has 0 unspecified atom stereocenters. The molecule has 1 aliphatic heterocycles. The first-order valence-electron chi connectivity index (χ1n) is 14.1. The summed E-state index contributed by atoms with van der Waals surface area (Å²) in [5.74, 6) is 0.524. The first-order valence-corrected chi connectivity index (χ1v) is 16.0. The fraction of sp³-hybridized carbons (Fsp3) is 0.357. The van der Waals surface area contributed by atoms with Crippen LogP contribution >= 0.6 is 0 Å². The molecule has 14 heteroatoms. The van der Waals surface area contributed by atoms with Crippen LogP contribution in [0.1, 0.15) is 30.1 Å². The summed E-state index contributed by atoms with van der Waals surface area (Å²) in [5, 5.41) is 9.16. The Balaban J connectivity index is 1.78. The lowest BCUT2D eigenvalue weighted by Crippen LogP contribution is -2.28. The van der Waals surface area contributed by atoms with Crippen molar-refractivity contribution in [2.45, 2.75) is 28.9 Å². The monoisotopic (exact) mass is 582 g/mol. The summed E-state index contributed by atoms with van der Waals surface area (Å²) in [5.41, 5.74) is 5.61. The van der Waals surface area contributed by atoms with Crippen molar-refractivity contribution in [2.75, 3.05) is 26.6 Å². The molecule has 214 valence electrons. The van der Waals surface area contributed by atoms with E-state index in [1.54, 1.807) is 18.0 Å². The molecule has 4 aromatic heterocycles. The van der Waals surface area contributed by atoms with E-state index in [1.807, 2.05) is 25.2 Å². The fourth-order valence-corrected chi connectivity index (χ4v) is 7.01. The first kappa shape index (κ1) is 28.5. The number of sulfone groups is 1. The van der Waals surface area contributed by atoms with Gasteiger partial charge in [-0.1, -0.05) is 40.7 Å². The molecule has 0 radical (unpaired) electrons. The van der Waals surface area contributed by atoms with Gasteiger partial charge in [0.05, 0.1) is 70.7 Å². The van der Waals surface area contributed by atoms with Crippen molar-refractivity contribution in [1.29, 1.82) is 0 Å². The van der Waals surface area contributed by atoms with Crippen molar-refractivity contribution >= 4 is 55.3 Å². The van der Waals surface area contributed by atoms with Gasteiger partial charge in [0, 0.05) is 38.3 Å². The normalized spacial score (nSPS) is 15.8. The summed E-state index contributed by atoms with van der Waals surface area (Å²) < 4.78 is 42.0. The molecule has 1 fully saturated rings. The van der Waals surface area contributed by atoms with E-state index in [0.717, 1.165) is 40.9 Å². The number of fused-ring (bicyclic) bond motifs is 3. The number of pyridine rings is 2. The van der Waals surface area contributed by atoms with Gasteiger partial charge in [-0.15, -0.1) is 5.10 Å². The minimum absolute atomic E-state index is 0.142. The molecule has 0 N–H and O–H groups in total. The van der Waals surface area contributed by atoms with Crippen LogP contribution in [0.2, 0.25) is 0 Å². The van der Waals surface area contributed by atoms with Crippen molar-refractivity contribution in [3.05, 3.63) is 60.0 Å². The number of hydrogen-bond donors (Lipinski definition) is 0. The average molecular weight is 582 g/mol. The molecule has 10 nitrogen and oxygen atoms in total. The maximum atomic E-state index is 13.3. The largest absolute Gasteiger partial charge is 0.480 e. The zero-order valence-corrected chi connectivity index (χ0v) is 25.6. The Kier molecular flexibility index (Phi) is 7.17. The molecule has 6 rings (SSSR count). The molecular formula is C28H33B3N6O4S. The summed E-state index contributed by atoms with van der Waals surface area (Å²) in [6, 6.07) is 12.1. The third-order valence-corrected chi connectivity index (χ3v) is 9.22. The van der Waals surface area contributed by atoms with Crippen molar-refractivity contribution in [3.63, 3.8) is 0 Å². The Hall–Kier alpha value is -3.64. The highest BCUT2D eigenvalue weighted by atomic mass is 32.2. The molecule has 0 spiro atoms. The van der Waals surface area contributed by atoms with Crippen LogP contribution in [-0.4, -0.2) is 88.1 Å². The Labute approximate surface area is 248 Å². The molecule has 0 aliphatic carbocycles. The fourth-order valence-electron chi connectivity index (χ4n) is 6.21. The molecule has 5 aromatic rings. The van der Waals surface area contributed by atoms with Gasteiger partial charge in [0.1, 0.15) is 10.4 Å². The van der Waals surface area contributed by atoms with E-state index in [2.05, 4.69) is 61.6 Å². The van der Waals surface area contributed by atoms with Gasteiger partial charge in [0.2, 0.25) is 5.88 Å². The van der Waals surface area contributed by atoms with Crippen LogP contribution in [0.15, 0.2) is 53.7 Å². The van der Waals surface area contributed by atoms with Crippen LogP contribution in [0.5, 0.6) is 5.88 Å². The summed E-state index contributed by atoms with van der Waals surface area (Å²) >= 11 is 0. The lowest BCUT2D eigenvalue weighted by molar-refractivity contribution is 0.0552. The highest BCUT2D eigenvalue weighted by Gasteiger charge is 2.34. The standard InChI is InChI=1S/C28H33B3N6O4S/c1-36-24(26(34-35-36)28(29,30)31)18-13-19-22(32-14-18)21-25(20(42(3,38)39)15-33-27(21)40-2)37(19)23(16-7-5-4-6-8-16)17-9-11-41-12-10-17/h4-8,13-15,17,23H,9-12,29-31H2,1-3H3/t23-/m1/s1. The smallest absolute Gasteiger partial charge is 0.224 e. The Morgan fingerprint density at radius 3 is 2.45 bits per heavy atom. The Morgan fingerprint density at radius 2 is 1.81 bits per heavy atom. The van der Waals surface area contributed by atoms with E-state index in [0.29, 0.717) is 35.5 Å². The van der Waals surface area contributed by atoms with E-state index in [9.17, 15) is 8.42 Å². The van der Waals surface area contributed by atoms with Gasteiger partial charge in [-0.2, -0.15) is 0 Å². The predicted octanol–water partition coefficient (Wildman–Crippen LogP) is 0.818. The molecule has 0 amide bonds. The first-order chi connectivity index (χ1) is 20.0. The Bertz CT molecular complexity index is 1900. The minimum atomic E-state index is -3.67. The van der Waals surface area contributed by atoms with Gasteiger partial charge < -0.3 is 14.0 Å². The highest BCUT2D eigenvalue weighted by Crippen LogP contribution is 2.45. The maximum Gasteiger partial charge on any atom is 0.224 e. The third-order valence-electron chi connectivity index (χ3n) is 8.12. The lowest BCUT2D eigenvalue weighted by Gasteiger charge is -2.33. The molecule has 1 atom stereocenters. The van der Waals surface area contributed by atoms with E-state index >= 15 is 0 Å². The average Bonchev–Trinajstić information content (AvgIpc) is 3.52. The maximum absolute atomic E-state index is 13.3. The molecule has 0 bridgehead atoms. The number of methoxy groups -OCH3 is 1. The minimum Gasteiger partial charge on any atom is -0.480 e. The van der Waals surface area contributed by atoms with Crippen LogP contribution in [0.3, 0.4) is 0 Å². The van der Waals surface area contributed by atoms with Gasteiger partial charge in [0.25, 0.3) is 0 Å². The second kappa shape index (κ2) is 10.6. The van der Waals surface area contributed by atoms with Crippen LogP contribution < -0.4 is 4.74 Å². The second-order valence-corrected chi connectivity index (χ2v) is 14.0. The molecular weight excluding hydrogens is 549 g/mol. The number of hydrogen-bond acceptors (Lipinski definition) is 8. The van der Waals surface area contributed by atoms with Crippen LogP contribution in [0, 0.1) is 5.92 Å².